The number of carbonyl (C=O) groups is 1. The van der Waals surface area contributed by atoms with E-state index in [4.69, 9.17) is 11.5 Å². The highest BCUT2D eigenvalue weighted by Gasteiger charge is 2.20. The minimum absolute atomic E-state index is 0.0905. The van der Waals surface area contributed by atoms with Gasteiger partial charge in [0.1, 0.15) is 34.2 Å². The van der Waals surface area contributed by atoms with Crippen LogP contribution in [-0.4, -0.2) is 21.6 Å². The minimum atomic E-state index is -0.583. The van der Waals surface area contributed by atoms with Gasteiger partial charge in [0.15, 0.2) is 0 Å². The largest absolute Gasteiger partial charge is 0.383 e. The van der Waals surface area contributed by atoms with Crippen molar-refractivity contribution in [3.63, 3.8) is 0 Å². The number of rotatable bonds is 6. The molecule has 0 fully saturated rings. The van der Waals surface area contributed by atoms with E-state index in [1.165, 1.54) is 18.0 Å². The highest BCUT2D eigenvalue weighted by molar-refractivity contribution is 7.99. The fourth-order valence-electron chi connectivity index (χ4n) is 2.83. The number of aryl methyl sites for hydroxylation is 1. The van der Waals surface area contributed by atoms with Crippen molar-refractivity contribution in [1.29, 1.82) is 10.5 Å². The van der Waals surface area contributed by atoms with Crippen molar-refractivity contribution in [2.24, 2.45) is 5.73 Å². The first-order valence-corrected chi connectivity index (χ1v) is 9.60. The van der Waals surface area contributed by atoms with Gasteiger partial charge in [-0.1, -0.05) is 30.3 Å². The standard InChI is InChI=1S/C21H16N6OS/c22-11-15-18(14-4-2-1-3-5-14)16(12-23)21(27-19(15)24)29-9-7-13-6-8-26-17(10-13)20(25)28/h1-6,8,10H,7,9H2,(H2,24,27)(H2,25,28). The first kappa shape index (κ1) is 19.9. The van der Waals surface area contributed by atoms with Gasteiger partial charge in [-0.05, 0) is 29.7 Å². The summed E-state index contributed by atoms with van der Waals surface area (Å²) < 4.78 is 0. The smallest absolute Gasteiger partial charge is 0.267 e. The summed E-state index contributed by atoms with van der Waals surface area (Å²) in [7, 11) is 0. The van der Waals surface area contributed by atoms with Gasteiger partial charge in [-0.3, -0.25) is 9.78 Å². The molecule has 4 N–H and O–H groups in total. The van der Waals surface area contributed by atoms with Gasteiger partial charge in [0.2, 0.25) is 0 Å². The van der Waals surface area contributed by atoms with E-state index < -0.39 is 5.91 Å². The Morgan fingerprint density at radius 3 is 2.48 bits per heavy atom. The van der Waals surface area contributed by atoms with Crippen molar-refractivity contribution in [1.82, 2.24) is 9.97 Å². The molecule has 0 bridgehead atoms. The molecule has 7 nitrogen and oxygen atoms in total. The first-order chi connectivity index (χ1) is 14.0. The number of primary amides is 1. The van der Waals surface area contributed by atoms with E-state index in [9.17, 15) is 15.3 Å². The van der Waals surface area contributed by atoms with Crippen LogP contribution in [0.1, 0.15) is 27.2 Å². The topological polar surface area (TPSA) is 142 Å². The quantitative estimate of drug-likeness (QED) is 0.606. The van der Waals surface area contributed by atoms with Crippen LogP contribution in [0, 0.1) is 22.7 Å². The predicted molar refractivity (Wildman–Crippen MR) is 111 cm³/mol. The van der Waals surface area contributed by atoms with Crippen LogP contribution in [0.25, 0.3) is 11.1 Å². The zero-order chi connectivity index (χ0) is 20.8. The number of thioether (sulfide) groups is 1. The molecule has 0 aliphatic rings. The Morgan fingerprint density at radius 1 is 1.10 bits per heavy atom. The number of anilines is 1. The molecule has 29 heavy (non-hydrogen) atoms. The fourth-order valence-corrected chi connectivity index (χ4v) is 3.81. The van der Waals surface area contributed by atoms with Gasteiger partial charge in [0.25, 0.3) is 5.91 Å². The molecule has 1 amide bonds. The molecule has 142 valence electrons. The lowest BCUT2D eigenvalue weighted by Gasteiger charge is -2.13. The molecular formula is C21H16N6OS. The van der Waals surface area contributed by atoms with Crippen LogP contribution in [0.2, 0.25) is 0 Å². The first-order valence-electron chi connectivity index (χ1n) is 8.61. The Bertz CT molecular complexity index is 1150. The molecule has 0 spiro atoms. The lowest BCUT2D eigenvalue weighted by Crippen LogP contribution is -2.13. The van der Waals surface area contributed by atoms with E-state index in [0.29, 0.717) is 28.3 Å². The zero-order valence-corrected chi connectivity index (χ0v) is 16.1. The van der Waals surface area contributed by atoms with E-state index in [-0.39, 0.29) is 17.1 Å². The predicted octanol–water partition coefficient (Wildman–Crippen LogP) is 2.90. The van der Waals surface area contributed by atoms with Crippen LogP contribution in [0.4, 0.5) is 5.82 Å². The number of benzene rings is 1. The molecule has 1 aromatic carbocycles. The highest BCUT2D eigenvalue weighted by atomic mass is 32.2. The lowest BCUT2D eigenvalue weighted by atomic mass is 9.97. The molecule has 3 aromatic rings. The van der Waals surface area contributed by atoms with E-state index in [1.54, 1.807) is 12.1 Å². The van der Waals surface area contributed by atoms with E-state index >= 15 is 0 Å². The Balaban J connectivity index is 1.91. The van der Waals surface area contributed by atoms with Crippen molar-refractivity contribution in [2.45, 2.75) is 11.4 Å². The van der Waals surface area contributed by atoms with Crippen molar-refractivity contribution in [3.8, 4) is 23.3 Å². The van der Waals surface area contributed by atoms with Crippen LogP contribution in [0.5, 0.6) is 0 Å². The fraction of sp³-hybridized carbons (Fsp3) is 0.0952. The molecule has 0 saturated heterocycles. The molecule has 0 radical (unpaired) electrons. The minimum Gasteiger partial charge on any atom is -0.383 e. The molecule has 0 aliphatic heterocycles. The van der Waals surface area contributed by atoms with Crippen molar-refractivity contribution >= 4 is 23.5 Å². The summed E-state index contributed by atoms with van der Waals surface area (Å²) in [4.78, 5) is 19.5. The Labute approximate surface area is 172 Å². The Morgan fingerprint density at radius 2 is 1.83 bits per heavy atom. The van der Waals surface area contributed by atoms with Crippen molar-refractivity contribution in [2.75, 3.05) is 11.5 Å². The molecule has 8 heteroatoms. The average Bonchev–Trinajstić information content (AvgIpc) is 2.74. The number of nitriles is 2. The second-order valence-electron chi connectivity index (χ2n) is 6.03. The number of hydrogen-bond donors (Lipinski definition) is 2. The molecule has 0 aliphatic carbocycles. The number of carbonyl (C=O) groups excluding carboxylic acids is 1. The summed E-state index contributed by atoms with van der Waals surface area (Å²) in [5, 5.41) is 19.8. The van der Waals surface area contributed by atoms with Gasteiger partial charge in [-0.15, -0.1) is 11.8 Å². The van der Waals surface area contributed by atoms with Gasteiger partial charge in [0.05, 0.1) is 5.56 Å². The second kappa shape index (κ2) is 8.87. The van der Waals surface area contributed by atoms with Crippen molar-refractivity contribution < 1.29 is 4.79 Å². The number of hydrogen-bond acceptors (Lipinski definition) is 7. The maximum atomic E-state index is 11.3. The van der Waals surface area contributed by atoms with E-state index in [2.05, 4.69) is 22.1 Å². The van der Waals surface area contributed by atoms with E-state index in [0.717, 1.165) is 11.1 Å². The number of nitrogens with zero attached hydrogens (tertiary/aromatic N) is 4. The van der Waals surface area contributed by atoms with Gasteiger partial charge < -0.3 is 11.5 Å². The monoisotopic (exact) mass is 400 g/mol. The van der Waals surface area contributed by atoms with Gasteiger partial charge in [0, 0.05) is 17.5 Å². The molecule has 2 heterocycles. The third-order valence-electron chi connectivity index (χ3n) is 4.18. The average molecular weight is 400 g/mol. The molecular weight excluding hydrogens is 384 g/mol. The SMILES string of the molecule is N#Cc1c(N)nc(SCCc2ccnc(C(N)=O)c2)c(C#N)c1-c1ccccc1. The van der Waals surface area contributed by atoms with Crippen LogP contribution < -0.4 is 11.5 Å². The summed E-state index contributed by atoms with van der Waals surface area (Å²) in [5.74, 6) is 0.0943. The van der Waals surface area contributed by atoms with Gasteiger partial charge in [-0.25, -0.2) is 4.98 Å². The summed E-state index contributed by atoms with van der Waals surface area (Å²) in [6.07, 6.45) is 2.15. The van der Waals surface area contributed by atoms with Gasteiger partial charge in [-0.2, -0.15) is 10.5 Å². The summed E-state index contributed by atoms with van der Waals surface area (Å²) in [5.41, 5.74) is 14.1. The van der Waals surface area contributed by atoms with Gasteiger partial charge >= 0.3 is 0 Å². The Hall–Kier alpha value is -3.88. The van der Waals surface area contributed by atoms with Crippen LogP contribution in [0.3, 0.4) is 0 Å². The summed E-state index contributed by atoms with van der Waals surface area (Å²) in [6.45, 7) is 0. The van der Waals surface area contributed by atoms with E-state index in [1.807, 2.05) is 30.3 Å². The lowest BCUT2D eigenvalue weighted by molar-refractivity contribution is 0.0995. The van der Waals surface area contributed by atoms with Crippen LogP contribution >= 0.6 is 11.8 Å². The normalized spacial score (nSPS) is 10.1. The number of pyridine rings is 2. The molecule has 2 aromatic heterocycles. The summed E-state index contributed by atoms with van der Waals surface area (Å²) >= 11 is 1.36. The summed E-state index contributed by atoms with van der Waals surface area (Å²) in [6, 6.07) is 16.9. The maximum absolute atomic E-state index is 11.3. The third-order valence-corrected chi connectivity index (χ3v) is 5.16. The van der Waals surface area contributed by atoms with Crippen molar-refractivity contribution in [3.05, 3.63) is 71.0 Å². The number of nitrogen functional groups attached to an aromatic ring is 1. The molecule has 3 rings (SSSR count). The van der Waals surface area contributed by atoms with Crippen LogP contribution in [0.15, 0.2) is 53.7 Å². The number of aromatic nitrogens is 2. The molecule has 0 atom stereocenters. The third kappa shape index (κ3) is 4.34. The number of nitrogens with two attached hydrogens (primary N) is 2. The highest BCUT2D eigenvalue weighted by Crippen LogP contribution is 2.35. The Kier molecular flexibility index (Phi) is 6.08. The number of amides is 1. The van der Waals surface area contributed by atoms with Crippen LogP contribution in [-0.2, 0) is 6.42 Å². The molecule has 0 saturated carbocycles. The zero-order valence-electron chi connectivity index (χ0n) is 15.3. The molecule has 0 unspecified atom stereocenters. The maximum Gasteiger partial charge on any atom is 0.267 e. The second-order valence-corrected chi connectivity index (χ2v) is 7.11.